The first kappa shape index (κ1) is 15.9. The molecule has 1 fully saturated rings. The number of nitrogens with one attached hydrogen (secondary N) is 1. The van der Waals surface area contributed by atoms with E-state index in [1.807, 2.05) is 24.3 Å². The second-order valence-corrected chi connectivity index (χ2v) is 6.90. The average molecular weight is 331 g/mol. The van der Waals surface area contributed by atoms with Gasteiger partial charge in [0.2, 0.25) is 11.8 Å². The number of piperidine rings is 1. The van der Waals surface area contributed by atoms with Crippen LogP contribution < -0.4 is 5.32 Å². The first-order valence-electron chi connectivity index (χ1n) is 8.04. The molecule has 0 aliphatic carbocycles. The fourth-order valence-corrected chi connectivity index (χ4v) is 4.02. The minimum Gasteiger partial charge on any atom is -0.357 e. The van der Waals surface area contributed by atoms with Gasteiger partial charge >= 0.3 is 0 Å². The van der Waals surface area contributed by atoms with Gasteiger partial charge in [0, 0.05) is 26.4 Å². The standard InChI is InChI=1S/C17H21N3O2S/c1-18-17(22)13-7-4-5-11-20(13)16(21)10-9-15-19-12-6-2-3-8-14(12)23-15/h2-3,6,8,13H,4-5,7,9-11H2,1H3,(H,18,22). The lowest BCUT2D eigenvalue weighted by Gasteiger charge is -2.34. The van der Waals surface area contributed by atoms with Crippen LogP contribution >= 0.6 is 11.3 Å². The first-order chi connectivity index (χ1) is 11.2. The molecule has 0 radical (unpaired) electrons. The van der Waals surface area contributed by atoms with Gasteiger partial charge in [0.1, 0.15) is 6.04 Å². The predicted molar refractivity (Wildman–Crippen MR) is 91.4 cm³/mol. The normalized spacial score (nSPS) is 18.1. The Labute approximate surface area is 139 Å². The van der Waals surface area contributed by atoms with E-state index >= 15 is 0 Å². The lowest BCUT2D eigenvalue weighted by molar-refractivity contribution is -0.142. The molecule has 0 bridgehead atoms. The zero-order valence-electron chi connectivity index (χ0n) is 13.2. The Kier molecular flexibility index (Phi) is 4.91. The Morgan fingerprint density at radius 3 is 2.96 bits per heavy atom. The highest BCUT2D eigenvalue weighted by molar-refractivity contribution is 7.18. The van der Waals surface area contributed by atoms with Gasteiger partial charge in [-0.15, -0.1) is 11.3 Å². The fourth-order valence-electron chi connectivity index (χ4n) is 3.05. The molecule has 6 heteroatoms. The van der Waals surface area contributed by atoms with E-state index in [2.05, 4.69) is 10.3 Å². The highest BCUT2D eigenvalue weighted by Gasteiger charge is 2.31. The van der Waals surface area contributed by atoms with Gasteiger partial charge in [-0.05, 0) is 31.4 Å². The monoisotopic (exact) mass is 331 g/mol. The highest BCUT2D eigenvalue weighted by Crippen LogP contribution is 2.23. The molecule has 0 saturated carbocycles. The van der Waals surface area contributed by atoms with Gasteiger partial charge in [0.05, 0.1) is 15.2 Å². The molecule has 1 aromatic carbocycles. The molecule has 1 aromatic heterocycles. The number of hydrogen-bond acceptors (Lipinski definition) is 4. The molecule has 5 nitrogen and oxygen atoms in total. The number of likely N-dealkylation sites (N-methyl/N-ethyl adjacent to an activating group) is 1. The number of benzene rings is 1. The van der Waals surface area contributed by atoms with Crippen molar-refractivity contribution in [2.45, 2.75) is 38.1 Å². The summed E-state index contributed by atoms with van der Waals surface area (Å²) < 4.78 is 1.15. The van der Waals surface area contributed by atoms with Gasteiger partial charge < -0.3 is 10.2 Å². The topological polar surface area (TPSA) is 62.3 Å². The number of likely N-dealkylation sites (tertiary alicyclic amines) is 1. The van der Waals surface area contributed by atoms with Gasteiger partial charge in [-0.1, -0.05) is 12.1 Å². The molecule has 23 heavy (non-hydrogen) atoms. The molecule has 0 spiro atoms. The molecular formula is C17H21N3O2S. The number of para-hydroxylation sites is 1. The van der Waals surface area contributed by atoms with Crippen LogP contribution in [0.25, 0.3) is 10.2 Å². The van der Waals surface area contributed by atoms with Crippen LogP contribution in [0.2, 0.25) is 0 Å². The van der Waals surface area contributed by atoms with E-state index < -0.39 is 0 Å². The number of rotatable bonds is 4. The number of aromatic nitrogens is 1. The van der Waals surface area contributed by atoms with Gasteiger partial charge in [-0.25, -0.2) is 4.98 Å². The number of carbonyl (C=O) groups excluding carboxylic acids is 2. The Bertz CT molecular complexity index is 680. The van der Waals surface area contributed by atoms with Crippen molar-refractivity contribution in [2.24, 2.45) is 0 Å². The van der Waals surface area contributed by atoms with E-state index in [4.69, 9.17) is 0 Å². The van der Waals surface area contributed by atoms with E-state index in [0.29, 0.717) is 19.4 Å². The number of fused-ring (bicyclic) bond motifs is 1. The minimum absolute atomic E-state index is 0.0533. The molecule has 1 saturated heterocycles. The van der Waals surface area contributed by atoms with Crippen molar-refractivity contribution in [1.29, 1.82) is 0 Å². The van der Waals surface area contributed by atoms with Crippen LogP contribution in [0.5, 0.6) is 0 Å². The Hall–Kier alpha value is -1.95. The first-order valence-corrected chi connectivity index (χ1v) is 8.86. The summed E-state index contributed by atoms with van der Waals surface area (Å²) in [7, 11) is 1.63. The van der Waals surface area contributed by atoms with Crippen LogP contribution in [0.15, 0.2) is 24.3 Å². The third-order valence-electron chi connectivity index (χ3n) is 4.26. The molecule has 1 aliphatic heterocycles. The van der Waals surface area contributed by atoms with Gasteiger partial charge in [-0.2, -0.15) is 0 Å². The van der Waals surface area contributed by atoms with Crippen LogP contribution in [0.4, 0.5) is 0 Å². The number of carbonyl (C=O) groups is 2. The van der Waals surface area contributed by atoms with Crippen molar-refractivity contribution in [2.75, 3.05) is 13.6 Å². The average Bonchev–Trinajstić information content (AvgIpc) is 3.02. The van der Waals surface area contributed by atoms with Crippen molar-refractivity contribution in [3.8, 4) is 0 Å². The summed E-state index contributed by atoms with van der Waals surface area (Å²) >= 11 is 1.64. The van der Waals surface area contributed by atoms with Crippen molar-refractivity contribution in [3.63, 3.8) is 0 Å². The second-order valence-electron chi connectivity index (χ2n) is 5.79. The van der Waals surface area contributed by atoms with Crippen LogP contribution in [0, 0.1) is 0 Å². The highest BCUT2D eigenvalue weighted by atomic mass is 32.1. The van der Waals surface area contributed by atoms with E-state index in [1.54, 1.807) is 23.3 Å². The van der Waals surface area contributed by atoms with Crippen LogP contribution in [0.3, 0.4) is 0 Å². The van der Waals surface area contributed by atoms with Crippen molar-refractivity contribution < 1.29 is 9.59 Å². The zero-order valence-corrected chi connectivity index (χ0v) is 14.1. The molecule has 1 atom stereocenters. The summed E-state index contributed by atoms with van der Waals surface area (Å²) in [6.45, 7) is 0.677. The predicted octanol–water partition coefficient (Wildman–Crippen LogP) is 2.36. The van der Waals surface area contributed by atoms with E-state index in [9.17, 15) is 9.59 Å². The van der Waals surface area contributed by atoms with Gasteiger partial charge in [0.25, 0.3) is 0 Å². The largest absolute Gasteiger partial charge is 0.357 e. The third kappa shape index (κ3) is 3.52. The molecule has 3 rings (SSSR count). The van der Waals surface area contributed by atoms with Crippen molar-refractivity contribution in [3.05, 3.63) is 29.3 Å². The summed E-state index contributed by atoms with van der Waals surface area (Å²) in [4.78, 5) is 30.8. The molecule has 1 aliphatic rings. The smallest absolute Gasteiger partial charge is 0.242 e. The van der Waals surface area contributed by atoms with Crippen molar-refractivity contribution >= 4 is 33.4 Å². The van der Waals surface area contributed by atoms with Crippen LogP contribution in [0.1, 0.15) is 30.7 Å². The van der Waals surface area contributed by atoms with E-state index in [1.165, 1.54) is 0 Å². The summed E-state index contributed by atoms with van der Waals surface area (Å²) in [5.74, 6) is -0.00408. The van der Waals surface area contributed by atoms with E-state index in [0.717, 1.165) is 34.5 Å². The Balaban J connectivity index is 1.64. The maximum absolute atomic E-state index is 12.5. The quantitative estimate of drug-likeness (QED) is 0.935. The maximum atomic E-state index is 12.5. The lowest BCUT2D eigenvalue weighted by atomic mass is 10.0. The summed E-state index contributed by atoms with van der Waals surface area (Å²) in [5, 5.41) is 3.65. The number of hydrogen-bond donors (Lipinski definition) is 1. The number of amides is 2. The Morgan fingerprint density at radius 2 is 2.17 bits per heavy atom. The zero-order chi connectivity index (χ0) is 16.2. The summed E-state index contributed by atoms with van der Waals surface area (Å²) in [6, 6.07) is 7.70. The van der Waals surface area contributed by atoms with Crippen LogP contribution in [-0.4, -0.2) is 41.3 Å². The molecular weight excluding hydrogens is 310 g/mol. The minimum atomic E-state index is -0.309. The van der Waals surface area contributed by atoms with E-state index in [-0.39, 0.29) is 17.9 Å². The molecule has 2 amide bonds. The molecule has 1 N–H and O–H groups in total. The molecule has 122 valence electrons. The van der Waals surface area contributed by atoms with Gasteiger partial charge in [0.15, 0.2) is 0 Å². The SMILES string of the molecule is CNC(=O)C1CCCCN1C(=O)CCc1nc2ccccc2s1. The number of aryl methyl sites for hydroxylation is 1. The second kappa shape index (κ2) is 7.08. The third-order valence-corrected chi connectivity index (χ3v) is 5.36. The fraction of sp³-hybridized carbons (Fsp3) is 0.471. The van der Waals surface area contributed by atoms with Crippen molar-refractivity contribution in [1.82, 2.24) is 15.2 Å². The Morgan fingerprint density at radius 1 is 1.35 bits per heavy atom. The summed E-state index contributed by atoms with van der Waals surface area (Å²) in [6.07, 6.45) is 3.77. The molecule has 2 aromatic rings. The molecule has 2 heterocycles. The van der Waals surface area contributed by atoms with Crippen LogP contribution in [-0.2, 0) is 16.0 Å². The summed E-state index contributed by atoms with van der Waals surface area (Å²) in [5.41, 5.74) is 0.987. The molecule has 1 unspecified atom stereocenters. The number of nitrogens with zero attached hydrogens (tertiary/aromatic N) is 2. The maximum Gasteiger partial charge on any atom is 0.242 e. The lowest BCUT2D eigenvalue weighted by Crippen LogP contribution is -2.51. The number of thiazole rings is 1. The van der Waals surface area contributed by atoms with Gasteiger partial charge in [-0.3, -0.25) is 9.59 Å².